The molecule has 1 amide bonds. The van der Waals surface area contributed by atoms with Crippen LogP contribution in [0.1, 0.15) is 27.0 Å². The molecule has 0 fully saturated rings. The number of carbonyl (C=O) groups excluding carboxylic acids is 2. The van der Waals surface area contributed by atoms with E-state index in [1.165, 1.54) is 25.1 Å². The van der Waals surface area contributed by atoms with Gasteiger partial charge in [0, 0.05) is 24.1 Å². The van der Waals surface area contributed by atoms with Crippen molar-refractivity contribution >= 4 is 49.8 Å². The normalized spacial score (nSPS) is 10.4. The van der Waals surface area contributed by atoms with Gasteiger partial charge < -0.3 is 0 Å². The summed E-state index contributed by atoms with van der Waals surface area (Å²) in [6.45, 7) is 1.43. The van der Waals surface area contributed by atoms with Gasteiger partial charge in [0.2, 0.25) is 0 Å². The zero-order valence-corrected chi connectivity index (χ0v) is 16.3. The van der Waals surface area contributed by atoms with E-state index in [2.05, 4.69) is 26.2 Å². The summed E-state index contributed by atoms with van der Waals surface area (Å²) >= 11 is 4.14. The first-order chi connectivity index (χ1) is 12.9. The van der Waals surface area contributed by atoms with E-state index in [1.54, 1.807) is 0 Å². The van der Waals surface area contributed by atoms with E-state index in [0.29, 0.717) is 10.6 Å². The van der Waals surface area contributed by atoms with Crippen LogP contribution in [-0.4, -0.2) is 21.6 Å². The summed E-state index contributed by atoms with van der Waals surface area (Å²) in [6.07, 6.45) is 0. The largest absolute Gasteiger partial charge is 0.298 e. The summed E-state index contributed by atoms with van der Waals surface area (Å²) in [4.78, 5) is 39.7. The number of anilines is 1. The Hall–Kier alpha value is -2.91. The highest BCUT2D eigenvalue weighted by Crippen LogP contribution is 2.32. The molecule has 0 unspecified atom stereocenters. The Bertz CT molecular complexity index is 1050. The second-order valence-corrected chi connectivity index (χ2v) is 7.35. The molecule has 1 heterocycles. The maximum Gasteiger partial charge on any atom is 0.284 e. The van der Waals surface area contributed by atoms with Crippen molar-refractivity contribution in [1.29, 1.82) is 0 Å². The minimum Gasteiger partial charge on any atom is -0.298 e. The average molecular weight is 446 g/mol. The van der Waals surface area contributed by atoms with E-state index >= 15 is 0 Å². The molecule has 0 radical (unpaired) electrons. The van der Waals surface area contributed by atoms with E-state index in [-0.39, 0.29) is 26.6 Å². The Morgan fingerprint density at radius 2 is 1.89 bits per heavy atom. The molecule has 7 nitrogen and oxygen atoms in total. The van der Waals surface area contributed by atoms with Crippen LogP contribution in [0.3, 0.4) is 0 Å². The van der Waals surface area contributed by atoms with E-state index in [1.807, 2.05) is 30.3 Å². The Labute approximate surface area is 166 Å². The molecule has 0 spiro atoms. The molecule has 9 heteroatoms. The molecule has 2 aromatic carbocycles. The van der Waals surface area contributed by atoms with E-state index < -0.39 is 10.8 Å². The number of nitrogens with zero attached hydrogens (tertiary/aromatic N) is 2. The smallest absolute Gasteiger partial charge is 0.284 e. The first kappa shape index (κ1) is 18.9. The van der Waals surface area contributed by atoms with Gasteiger partial charge in [0.15, 0.2) is 10.9 Å². The zero-order chi connectivity index (χ0) is 19.6. The fraction of sp³-hybridized carbons (Fsp3) is 0.0556. The monoisotopic (exact) mass is 445 g/mol. The van der Waals surface area contributed by atoms with E-state index in [0.717, 1.165) is 16.9 Å². The predicted octanol–water partition coefficient (Wildman–Crippen LogP) is 4.94. The third kappa shape index (κ3) is 4.09. The Morgan fingerprint density at radius 1 is 1.19 bits per heavy atom. The third-order valence-electron chi connectivity index (χ3n) is 3.62. The fourth-order valence-corrected chi connectivity index (χ4v) is 3.64. The maximum absolute atomic E-state index is 12.5. The molecule has 136 valence electrons. The van der Waals surface area contributed by atoms with E-state index in [4.69, 9.17) is 0 Å². The first-order valence-electron chi connectivity index (χ1n) is 7.69. The molecule has 1 N–H and O–H groups in total. The van der Waals surface area contributed by atoms with Crippen molar-refractivity contribution in [2.24, 2.45) is 0 Å². The Morgan fingerprint density at radius 3 is 2.52 bits per heavy atom. The molecule has 3 aromatic rings. The zero-order valence-electron chi connectivity index (χ0n) is 13.9. The number of hydrogen-bond acceptors (Lipinski definition) is 6. The van der Waals surface area contributed by atoms with Gasteiger partial charge in [0.25, 0.3) is 11.6 Å². The molecule has 0 atom stereocenters. The second-order valence-electron chi connectivity index (χ2n) is 5.50. The highest BCUT2D eigenvalue weighted by molar-refractivity contribution is 9.10. The molecule has 0 aliphatic rings. The number of halogens is 1. The van der Waals surface area contributed by atoms with Crippen molar-refractivity contribution < 1.29 is 14.5 Å². The lowest BCUT2D eigenvalue weighted by atomic mass is 10.1. The lowest BCUT2D eigenvalue weighted by molar-refractivity contribution is -0.385. The Balaban J connectivity index is 1.92. The first-order valence-corrected chi connectivity index (χ1v) is 9.30. The number of ketones is 1. The molecular weight excluding hydrogens is 434 g/mol. The number of nitro benzene ring substituents is 1. The van der Waals surface area contributed by atoms with Crippen LogP contribution in [0.4, 0.5) is 10.8 Å². The van der Waals surface area contributed by atoms with E-state index in [9.17, 15) is 19.7 Å². The SMILES string of the molecule is CC(=O)c1sc(NC(=O)c2ccc(Br)c([N+](=O)[O-])c2)nc1-c1ccccc1. The van der Waals surface area contributed by atoms with Crippen molar-refractivity contribution in [3.8, 4) is 11.3 Å². The highest BCUT2D eigenvalue weighted by atomic mass is 79.9. The molecule has 0 saturated heterocycles. The molecule has 3 rings (SSSR count). The summed E-state index contributed by atoms with van der Waals surface area (Å²) in [5, 5.41) is 13.9. The predicted molar refractivity (Wildman–Crippen MR) is 106 cm³/mol. The summed E-state index contributed by atoms with van der Waals surface area (Å²) in [5.41, 5.74) is 1.16. The average Bonchev–Trinajstić information content (AvgIpc) is 3.06. The second kappa shape index (κ2) is 7.77. The number of thiazole rings is 1. The summed E-state index contributed by atoms with van der Waals surface area (Å²) in [6, 6.07) is 13.2. The van der Waals surface area contributed by atoms with Crippen LogP contribution in [0.2, 0.25) is 0 Å². The number of carbonyl (C=O) groups is 2. The van der Waals surface area contributed by atoms with Gasteiger partial charge in [0.05, 0.1) is 20.0 Å². The number of nitrogens with one attached hydrogen (secondary N) is 1. The maximum atomic E-state index is 12.5. The van der Waals surface area contributed by atoms with Crippen molar-refractivity contribution in [2.45, 2.75) is 6.92 Å². The number of rotatable bonds is 5. The Kier molecular flexibility index (Phi) is 5.43. The van der Waals surface area contributed by atoms with Crippen LogP contribution in [0.25, 0.3) is 11.3 Å². The molecule has 27 heavy (non-hydrogen) atoms. The van der Waals surface area contributed by atoms with Gasteiger partial charge in [0.1, 0.15) is 0 Å². The van der Waals surface area contributed by atoms with Gasteiger partial charge in [-0.15, -0.1) is 0 Å². The topological polar surface area (TPSA) is 102 Å². The van der Waals surface area contributed by atoms with Crippen molar-refractivity contribution in [2.75, 3.05) is 5.32 Å². The number of nitro groups is 1. The van der Waals surface area contributed by atoms with Crippen molar-refractivity contribution in [1.82, 2.24) is 4.98 Å². The summed E-state index contributed by atoms with van der Waals surface area (Å²) in [7, 11) is 0. The van der Waals surface area contributed by atoms with Gasteiger partial charge >= 0.3 is 0 Å². The summed E-state index contributed by atoms with van der Waals surface area (Å²) in [5.74, 6) is -0.708. The number of hydrogen-bond donors (Lipinski definition) is 1. The molecule has 0 aliphatic carbocycles. The standard InChI is InChI=1S/C18H12BrN3O4S/c1-10(23)16-15(11-5-3-2-4-6-11)20-18(27-16)21-17(24)12-7-8-13(19)14(9-12)22(25)26/h2-9H,1H3,(H,20,21,24). The molecular formula is C18H12BrN3O4S. The number of aromatic nitrogens is 1. The summed E-state index contributed by atoms with van der Waals surface area (Å²) < 4.78 is 0.281. The van der Waals surface area contributed by atoms with Crippen LogP contribution in [0.15, 0.2) is 53.0 Å². The number of Topliss-reactive ketones (excluding diaryl/α,β-unsaturated/α-hetero) is 1. The highest BCUT2D eigenvalue weighted by Gasteiger charge is 2.20. The molecule has 0 saturated carbocycles. The number of benzene rings is 2. The van der Waals surface area contributed by atoms with Gasteiger partial charge in [-0.2, -0.15) is 0 Å². The van der Waals surface area contributed by atoms with Gasteiger partial charge in [-0.1, -0.05) is 41.7 Å². The fourth-order valence-electron chi connectivity index (χ4n) is 2.37. The molecule has 1 aromatic heterocycles. The minimum absolute atomic E-state index is 0.116. The lowest BCUT2D eigenvalue weighted by Gasteiger charge is -2.02. The van der Waals surface area contributed by atoms with Gasteiger partial charge in [-0.25, -0.2) is 4.98 Å². The third-order valence-corrected chi connectivity index (χ3v) is 5.36. The lowest BCUT2D eigenvalue weighted by Crippen LogP contribution is -2.12. The quantitative estimate of drug-likeness (QED) is 0.340. The number of amides is 1. The van der Waals surface area contributed by atoms with Crippen LogP contribution in [-0.2, 0) is 0 Å². The van der Waals surface area contributed by atoms with Crippen LogP contribution in [0.5, 0.6) is 0 Å². The van der Waals surface area contributed by atoms with Crippen molar-refractivity contribution in [3.05, 3.63) is 73.6 Å². The van der Waals surface area contributed by atoms with Crippen LogP contribution in [0, 0.1) is 10.1 Å². The van der Waals surface area contributed by atoms with Crippen LogP contribution < -0.4 is 5.32 Å². The molecule has 0 aliphatic heterocycles. The van der Waals surface area contributed by atoms with Gasteiger partial charge in [-0.3, -0.25) is 25.0 Å². The van der Waals surface area contributed by atoms with Crippen molar-refractivity contribution in [3.63, 3.8) is 0 Å². The van der Waals surface area contributed by atoms with Gasteiger partial charge in [-0.05, 0) is 28.1 Å². The van der Waals surface area contributed by atoms with Crippen LogP contribution >= 0.6 is 27.3 Å². The minimum atomic E-state index is -0.578. The molecule has 0 bridgehead atoms.